The summed E-state index contributed by atoms with van der Waals surface area (Å²) in [5, 5.41) is 1.94. The van der Waals surface area contributed by atoms with Gasteiger partial charge < -0.3 is 5.43 Å². The van der Waals surface area contributed by atoms with Crippen LogP contribution >= 0.6 is 0 Å². The highest BCUT2D eigenvalue weighted by atomic mass is 15.7. The predicted molar refractivity (Wildman–Crippen MR) is 43.8 cm³/mol. The van der Waals surface area contributed by atoms with Gasteiger partial charge in [0.15, 0.2) is 0 Å². The lowest BCUT2D eigenvalue weighted by molar-refractivity contribution is 0.306. The lowest BCUT2D eigenvalue weighted by Crippen LogP contribution is -2.34. The van der Waals surface area contributed by atoms with Crippen LogP contribution in [0.1, 0.15) is 27.7 Å². The second-order valence-corrected chi connectivity index (χ2v) is 2.01. The Morgan fingerprint density at radius 2 is 1.70 bits per heavy atom. The summed E-state index contributed by atoms with van der Waals surface area (Å²) in [4.78, 5) is 0. The first-order chi connectivity index (χ1) is 4.72. The molecule has 0 saturated heterocycles. The predicted octanol–water partition coefficient (Wildman–Crippen LogP) is 1.22. The molecule has 0 amide bonds. The lowest BCUT2D eigenvalue weighted by atomic mass is 10.4. The van der Waals surface area contributed by atoms with E-state index in [1.54, 1.807) is 0 Å². The standard InChI is InChI=1S/C5H11N3.C2H6/c1-4-5(2)8(3)7-6-4;1-2/h6-7H,1-3H3;1-2H3. The average molecular weight is 143 g/mol. The fourth-order valence-electron chi connectivity index (χ4n) is 0.594. The quantitative estimate of drug-likeness (QED) is 0.534. The maximum Gasteiger partial charge on any atom is 0.0477 e. The second-order valence-electron chi connectivity index (χ2n) is 2.01. The molecular formula is C7H17N3. The lowest BCUT2D eigenvalue weighted by Gasteiger charge is -2.09. The van der Waals surface area contributed by atoms with Crippen molar-refractivity contribution in [3.8, 4) is 0 Å². The molecule has 0 spiro atoms. The molecule has 2 N–H and O–H groups in total. The third-order valence-electron chi connectivity index (χ3n) is 1.46. The fraction of sp³-hybridized carbons (Fsp3) is 0.714. The Hall–Kier alpha value is -0.700. The number of nitrogens with one attached hydrogen (secondary N) is 2. The van der Waals surface area contributed by atoms with E-state index in [1.807, 2.05) is 32.8 Å². The molecule has 10 heavy (non-hydrogen) atoms. The molecule has 1 aliphatic rings. The topological polar surface area (TPSA) is 27.3 Å². The van der Waals surface area contributed by atoms with E-state index in [0.29, 0.717) is 0 Å². The van der Waals surface area contributed by atoms with Gasteiger partial charge in [-0.3, -0.25) is 5.01 Å². The van der Waals surface area contributed by atoms with E-state index in [2.05, 4.69) is 17.9 Å². The maximum atomic E-state index is 2.97. The molecule has 3 heteroatoms. The molecule has 0 aromatic carbocycles. The van der Waals surface area contributed by atoms with Crippen LogP contribution in [0.4, 0.5) is 0 Å². The van der Waals surface area contributed by atoms with Gasteiger partial charge in [-0.1, -0.05) is 13.8 Å². The second kappa shape index (κ2) is 4.17. The molecule has 1 rings (SSSR count). The van der Waals surface area contributed by atoms with Crippen LogP contribution in [0.3, 0.4) is 0 Å². The summed E-state index contributed by atoms with van der Waals surface area (Å²) in [6.07, 6.45) is 0. The van der Waals surface area contributed by atoms with E-state index in [4.69, 9.17) is 0 Å². The molecular weight excluding hydrogens is 126 g/mol. The first-order valence-electron chi connectivity index (χ1n) is 3.64. The smallest absolute Gasteiger partial charge is 0.0477 e. The Bertz CT molecular complexity index is 129. The summed E-state index contributed by atoms with van der Waals surface area (Å²) < 4.78 is 0. The molecule has 0 saturated carbocycles. The third-order valence-corrected chi connectivity index (χ3v) is 1.46. The van der Waals surface area contributed by atoms with Crippen molar-refractivity contribution in [1.82, 2.24) is 16.0 Å². The molecule has 0 unspecified atom stereocenters. The molecule has 0 fully saturated rings. The van der Waals surface area contributed by atoms with Crippen LogP contribution < -0.4 is 11.0 Å². The number of hydrazine groups is 2. The SMILES string of the molecule is CC.CC1=C(C)N(C)NN1. The maximum absolute atomic E-state index is 2.97. The first-order valence-corrected chi connectivity index (χ1v) is 3.64. The van der Waals surface area contributed by atoms with Gasteiger partial charge in [0, 0.05) is 18.4 Å². The van der Waals surface area contributed by atoms with Crippen molar-refractivity contribution in [3.05, 3.63) is 11.4 Å². The van der Waals surface area contributed by atoms with Crippen LogP contribution in [0, 0.1) is 0 Å². The summed E-state index contributed by atoms with van der Waals surface area (Å²) >= 11 is 0. The zero-order valence-corrected chi connectivity index (χ0v) is 7.45. The Labute approximate surface area is 63.0 Å². The van der Waals surface area contributed by atoms with Gasteiger partial charge in [-0.2, -0.15) is 0 Å². The van der Waals surface area contributed by atoms with Gasteiger partial charge in [0.1, 0.15) is 0 Å². The van der Waals surface area contributed by atoms with Gasteiger partial charge in [0.05, 0.1) is 0 Å². The van der Waals surface area contributed by atoms with Gasteiger partial charge in [-0.05, 0) is 13.8 Å². The molecule has 60 valence electrons. The Balaban J connectivity index is 0.000000371. The van der Waals surface area contributed by atoms with Crippen molar-refractivity contribution < 1.29 is 0 Å². The molecule has 1 aliphatic heterocycles. The van der Waals surface area contributed by atoms with Gasteiger partial charge in [-0.15, -0.1) is 5.53 Å². The minimum atomic E-state index is 1.19. The highest BCUT2D eigenvalue weighted by Gasteiger charge is 2.08. The molecule has 0 aliphatic carbocycles. The average Bonchev–Trinajstić information content (AvgIpc) is 2.25. The van der Waals surface area contributed by atoms with E-state index in [9.17, 15) is 0 Å². The van der Waals surface area contributed by atoms with Gasteiger partial charge in [-0.25, -0.2) is 0 Å². The molecule has 0 atom stereocenters. The van der Waals surface area contributed by atoms with Crippen molar-refractivity contribution in [2.24, 2.45) is 0 Å². The largest absolute Gasteiger partial charge is 0.306 e. The monoisotopic (exact) mass is 143 g/mol. The van der Waals surface area contributed by atoms with E-state index in [1.165, 1.54) is 11.4 Å². The van der Waals surface area contributed by atoms with Crippen LogP contribution in [0.5, 0.6) is 0 Å². The number of rotatable bonds is 0. The number of hydrogen-bond donors (Lipinski definition) is 2. The number of allylic oxidation sites excluding steroid dienone is 2. The van der Waals surface area contributed by atoms with E-state index < -0.39 is 0 Å². The first kappa shape index (κ1) is 9.30. The molecule has 0 aromatic rings. The molecule has 0 bridgehead atoms. The fourth-order valence-corrected chi connectivity index (χ4v) is 0.594. The Kier molecular flexibility index (Phi) is 3.88. The normalized spacial score (nSPS) is 16.3. The van der Waals surface area contributed by atoms with Crippen LogP contribution in [0.25, 0.3) is 0 Å². The summed E-state index contributed by atoms with van der Waals surface area (Å²) in [5.74, 6) is 0. The summed E-state index contributed by atoms with van der Waals surface area (Å²) in [7, 11) is 1.97. The zero-order valence-electron chi connectivity index (χ0n) is 7.45. The molecule has 1 heterocycles. The van der Waals surface area contributed by atoms with Gasteiger partial charge >= 0.3 is 0 Å². The minimum Gasteiger partial charge on any atom is -0.306 e. The van der Waals surface area contributed by atoms with Crippen LogP contribution in [-0.4, -0.2) is 12.1 Å². The van der Waals surface area contributed by atoms with Crippen molar-refractivity contribution in [2.45, 2.75) is 27.7 Å². The van der Waals surface area contributed by atoms with E-state index in [-0.39, 0.29) is 0 Å². The summed E-state index contributed by atoms with van der Waals surface area (Å²) in [5.41, 5.74) is 8.33. The highest BCUT2D eigenvalue weighted by molar-refractivity contribution is 5.08. The van der Waals surface area contributed by atoms with Crippen molar-refractivity contribution >= 4 is 0 Å². The molecule has 0 aromatic heterocycles. The minimum absolute atomic E-state index is 1.19. The van der Waals surface area contributed by atoms with Crippen molar-refractivity contribution in [3.63, 3.8) is 0 Å². The summed E-state index contributed by atoms with van der Waals surface area (Å²) in [6, 6.07) is 0. The number of nitrogens with zero attached hydrogens (tertiary/aromatic N) is 1. The van der Waals surface area contributed by atoms with Crippen molar-refractivity contribution in [2.75, 3.05) is 7.05 Å². The van der Waals surface area contributed by atoms with Crippen LogP contribution in [0.2, 0.25) is 0 Å². The van der Waals surface area contributed by atoms with Crippen molar-refractivity contribution in [1.29, 1.82) is 0 Å². The van der Waals surface area contributed by atoms with Gasteiger partial charge in [0.2, 0.25) is 0 Å². The Morgan fingerprint density at radius 3 is 1.80 bits per heavy atom. The zero-order chi connectivity index (χ0) is 8.15. The molecule has 0 radical (unpaired) electrons. The number of hydrogen-bond acceptors (Lipinski definition) is 3. The Morgan fingerprint density at radius 1 is 1.20 bits per heavy atom. The van der Waals surface area contributed by atoms with Crippen LogP contribution in [-0.2, 0) is 0 Å². The molecule has 3 nitrogen and oxygen atoms in total. The summed E-state index contributed by atoms with van der Waals surface area (Å²) in [6.45, 7) is 8.09. The van der Waals surface area contributed by atoms with Gasteiger partial charge in [0.25, 0.3) is 0 Å². The highest BCUT2D eigenvalue weighted by Crippen LogP contribution is 2.05. The van der Waals surface area contributed by atoms with Crippen LogP contribution in [0.15, 0.2) is 11.4 Å². The van der Waals surface area contributed by atoms with E-state index >= 15 is 0 Å². The third kappa shape index (κ3) is 1.92. The van der Waals surface area contributed by atoms with E-state index in [0.717, 1.165) is 0 Å².